The van der Waals surface area contributed by atoms with Gasteiger partial charge in [0.15, 0.2) is 5.96 Å². The van der Waals surface area contributed by atoms with Crippen molar-refractivity contribution in [2.24, 2.45) is 16.5 Å². The van der Waals surface area contributed by atoms with Gasteiger partial charge in [-0.25, -0.2) is 23.1 Å². The molecule has 14 heteroatoms. The molecule has 13 nitrogen and oxygen atoms in total. The van der Waals surface area contributed by atoms with E-state index in [1.54, 1.807) is 0 Å². The number of rotatable bonds is 1. The maximum Gasteiger partial charge on any atom is 0.483 e. The zero-order valence-corrected chi connectivity index (χ0v) is 10.9. The van der Waals surface area contributed by atoms with Crippen LogP contribution in [0.25, 0.3) is 0 Å². The zero-order valence-electron chi connectivity index (χ0n) is 10.0. The van der Waals surface area contributed by atoms with Gasteiger partial charge in [0, 0.05) is 0 Å². The lowest BCUT2D eigenvalue weighted by atomic mass is 9.73. The molecule has 3 rings (SSSR count). The van der Waals surface area contributed by atoms with Crippen LogP contribution in [0.1, 0.15) is 0 Å². The lowest BCUT2D eigenvalue weighted by molar-refractivity contribution is -0.487. The Kier molecular flexibility index (Phi) is 2.54. The number of phosphoric acid groups is 1. The lowest BCUT2D eigenvalue weighted by Gasteiger charge is -2.56. The van der Waals surface area contributed by atoms with Gasteiger partial charge in [0.05, 0.1) is 0 Å². The zero-order chi connectivity index (χ0) is 16.1. The van der Waals surface area contributed by atoms with Crippen LogP contribution in [0.5, 0.6) is 0 Å². The van der Waals surface area contributed by atoms with Gasteiger partial charge >= 0.3 is 7.82 Å². The van der Waals surface area contributed by atoms with Gasteiger partial charge in [-0.2, -0.15) is 0 Å². The second-order valence-corrected chi connectivity index (χ2v) is 6.30. The number of fused-ring (bicyclic) bond motifs is 1. The van der Waals surface area contributed by atoms with Crippen LogP contribution >= 0.6 is 7.82 Å². The van der Waals surface area contributed by atoms with Gasteiger partial charge in [-0.15, -0.1) is 0 Å². The second kappa shape index (κ2) is 3.55. The number of nitrogens with two attached hydrogens (primary N) is 2. The van der Waals surface area contributed by atoms with Crippen LogP contribution in [0.3, 0.4) is 0 Å². The maximum absolute atomic E-state index is 11.9. The molecule has 120 valence electrons. The smallest absolute Gasteiger partial charge is 0.385 e. The summed E-state index contributed by atoms with van der Waals surface area (Å²) in [6.07, 6.45) is -5.03. The SMILES string of the molecule is NC(N)=N[C@]1(O)[C@H](O)[C@H](O)[C@@]2(O)OP3(=O)O[C@@]1(O)[C@]2(O)O3. The normalized spacial score (nSPS) is 61.8. The van der Waals surface area contributed by atoms with Crippen LogP contribution in [0.2, 0.25) is 0 Å². The standard InChI is InChI=1S/C7H12N3O10P/c8-3(9)10-4(13)1(11)2(12)5(14)7(16)6(4,15)19-21(17,18-5)20-7/h1-2,11-16H,(H4,8,9,10)/t1-,2+,4+,5-,6-,7-,21?/m1/s1. The highest BCUT2D eigenvalue weighted by Crippen LogP contribution is 2.78. The summed E-state index contributed by atoms with van der Waals surface area (Å²) in [5, 5.41) is 60.6. The molecule has 21 heavy (non-hydrogen) atoms. The van der Waals surface area contributed by atoms with Crippen molar-refractivity contribution in [2.75, 3.05) is 0 Å². The van der Waals surface area contributed by atoms with E-state index in [0.717, 1.165) is 0 Å². The number of aliphatic hydroxyl groups excluding tert-OH is 2. The number of hydrogen-bond donors (Lipinski definition) is 8. The van der Waals surface area contributed by atoms with E-state index in [2.05, 4.69) is 18.6 Å². The van der Waals surface area contributed by atoms with Gasteiger partial charge in [-0.3, -0.25) is 0 Å². The summed E-state index contributed by atoms with van der Waals surface area (Å²) in [6, 6.07) is 0. The van der Waals surface area contributed by atoms with Crippen molar-refractivity contribution >= 4 is 13.8 Å². The van der Waals surface area contributed by atoms with Gasteiger partial charge in [0.1, 0.15) is 12.2 Å². The van der Waals surface area contributed by atoms with E-state index in [1.165, 1.54) is 0 Å². The predicted octanol–water partition coefficient (Wildman–Crippen LogP) is -5.07. The minimum Gasteiger partial charge on any atom is -0.385 e. The maximum atomic E-state index is 11.9. The van der Waals surface area contributed by atoms with Crippen molar-refractivity contribution in [1.29, 1.82) is 0 Å². The minimum atomic E-state index is -4.77. The minimum absolute atomic E-state index is 0.892. The Labute approximate surface area is 115 Å². The molecule has 2 heterocycles. The molecule has 1 aliphatic carbocycles. The summed E-state index contributed by atoms with van der Waals surface area (Å²) in [7, 11) is -4.77. The molecule has 2 aliphatic heterocycles. The van der Waals surface area contributed by atoms with Crippen LogP contribution in [0.15, 0.2) is 4.99 Å². The van der Waals surface area contributed by atoms with E-state index in [-0.39, 0.29) is 0 Å². The van der Waals surface area contributed by atoms with Crippen LogP contribution in [-0.2, 0) is 18.1 Å². The molecule has 1 saturated carbocycles. The lowest BCUT2D eigenvalue weighted by Crippen LogP contribution is -2.86. The summed E-state index contributed by atoms with van der Waals surface area (Å²) >= 11 is 0. The van der Waals surface area contributed by atoms with Crippen molar-refractivity contribution < 1.29 is 48.8 Å². The van der Waals surface area contributed by atoms with Gasteiger partial charge in [0.2, 0.25) is 5.72 Å². The fourth-order valence-corrected chi connectivity index (χ4v) is 4.43. The summed E-state index contributed by atoms with van der Waals surface area (Å²) in [5.74, 6) is -11.1. The second-order valence-electron chi connectivity index (χ2n) is 4.86. The first kappa shape index (κ1) is 15.1. The third-order valence-electron chi connectivity index (χ3n) is 3.59. The Bertz CT molecular complexity index is 597. The van der Waals surface area contributed by atoms with Crippen LogP contribution in [0, 0.1) is 0 Å². The average Bonchev–Trinajstić information content (AvgIpc) is 2.66. The molecule has 3 aliphatic rings. The van der Waals surface area contributed by atoms with Crippen molar-refractivity contribution in [1.82, 2.24) is 0 Å². The molecular formula is C7H12N3O10P. The molecule has 0 aromatic carbocycles. The third kappa shape index (κ3) is 1.33. The highest BCUT2D eigenvalue weighted by atomic mass is 31.2. The molecule has 0 amide bonds. The fraction of sp³-hybridized carbons (Fsp3) is 0.857. The van der Waals surface area contributed by atoms with Crippen molar-refractivity contribution in [3.63, 3.8) is 0 Å². The fourth-order valence-electron chi connectivity index (χ4n) is 2.59. The first-order valence-electron chi connectivity index (χ1n) is 5.44. The van der Waals surface area contributed by atoms with Gasteiger partial charge in [0.25, 0.3) is 17.4 Å². The topological polar surface area (TPSA) is 231 Å². The molecule has 0 aromatic heterocycles. The number of aliphatic hydroxyl groups is 6. The number of aliphatic imine (C=N–C) groups is 1. The highest BCUT2D eigenvalue weighted by Gasteiger charge is 2.94. The Morgan fingerprint density at radius 1 is 1.00 bits per heavy atom. The van der Waals surface area contributed by atoms with Gasteiger partial charge < -0.3 is 42.1 Å². The average molecular weight is 329 g/mol. The molecule has 0 radical (unpaired) electrons. The van der Waals surface area contributed by atoms with E-state index >= 15 is 0 Å². The quantitative estimate of drug-likeness (QED) is 0.128. The Morgan fingerprint density at radius 3 is 2.00 bits per heavy atom. The molecule has 1 unspecified atom stereocenters. The van der Waals surface area contributed by atoms with Crippen molar-refractivity contribution in [3.05, 3.63) is 0 Å². The van der Waals surface area contributed by atoms with E-state index in [1.807, 2.05) is 0 Å². The molecular weight excluding hydrogens is 317 g/mol. The van der Waals surface area contributed by atoms with E-state index in [4.69, 9.17) is 11.5 Å². The Morgan fingerprint density at radius 2 is 1.52 bits per heavy atom. The molecule has 7 atom stereocenters. The first-order valence-corrected chi connectivity index (χ1v) is 6.90. The molecule has 3 fully saturated rings. The van der Waals surface area contributed by atoms with Crippen molar-refractivity contribution in [3.8, 4) is 0 Å². The van der Waals surface area contributed by atoms with E-state index in [0.29, 0.717) is 0 Å². The molecule has 2 bridgehead atoms. The number of guanidine groups is 1. The van der Waals surface area contributed by atoms with Crippen molar-refractivity contribution in [2.45, 2.75) is 35.3 Å². The van der Waals surface area contributed by atoms with Crippen LogP contribution < -0.4 is 11.5 Å². The van der Waals surface area contributed by atoms with E-state index in [9.17, 15) is 35.2 Å². The number of phosphoric ester groups is 1. The first-order chi connectivity index (χ1) is 9.35. The van der Waals surface area contributed by atoms with Gasteiger partial charge in [-0.05, 0) is 0 Å². The van der Waals surface area contributed by atoms with E-state index < -0.39 is 49.1 Å². The summed E-state index contributed by atoms with van der Waals surface area (Å²) in [4.78, 5) is 3.09. The molecule has 2 saturated heterocycles. The van der Waals surface area contributed by atoms with Gasteiger partial charge in [-0.1, -0.05) is 0 Å². The predicted molar refractivity (Wildman–Crippen MR) is 58.5 cm³/mol. The largest absolute Gasteiger partial charge is 0.483 e. The summed E-state index contributed by atoms with van der Waals surface area (Å²) in [6.45, 7) is 0. The summed E-state index contributed by atoms with van der Waals surface area (Å²) < 4.78 is 25.1. The molecule has 10 N–H and O–H groups in total. The molecule has 0 aromatic rings. The summed E-state index contributed by atoms with van der Waals surface area (Å²) in [5.41, 5.74) is 6.75. The highest BCUT2D eigenvalue weighted by molar-refractivity contribution is 7.49. The Hall–Kier alpha value is -0.860. The van der Waals surface area contributed by atoms with Crippen LogP contribution in [-0.4, -0.2) is 71.9 Å². The third-order valence-corrected chi connectivity index (χ3v) is 5.07. The monoisotopic (exact) mass is 329 g/mol. The number of hydrogen-bond acceptors (Lipinski definition) is 11. The molecule has 0 spiro atoms. The van der Waals surface area contributed by atoms with Crippen LogP contribution in [0.4, 0.5) is 0 Å². The number of nitrogens with zero attached hydrogens (tertiary/aromatic N) is 1. The Balaban J connectivity index is 2.29.